The number of carbonyl (C=O) groups is 2. The van der Waals surface area contributed by atoms with Gasteiger partial charge in [0.2, 0.25) is 0 Å². The summed E-state index contributed by atoms with van der Waals surface area (Å²) in [5, 5.41) is 20.2. The first-order chi connectivity index (χ1) is 8.61. The minimum absolute atomic E-state index is 0. The molecule has 2 aromatic carbocycles. The fraction of sp³-hybridized carbons (Fsp3) is 0. The van der Waals surface area contributed by atoms with Gasteiger partial charge in [0.15, 0.2) is 0 Å². The predicted octanol–water partition coefficient (Wildman–Crippen LogP) is -0.137. The summed E-state index contributed by atoms with van der Waals surface area (Å²) >= 11 is 0. The van der Waals surface area contributed by atoms with Gasteiger partial charge in [0.25, 0.3) is 0 Å². The Hall–Kier alpha value is -1.65. The van der Waals surface area contributed by atoms with Crippen molar-refractivity contribution in [3.8, 4) is 0 Å². The molecule has 0 heterocycles. The van der Waals surface area contributed by atoms with E-state index in [1.54, 1.807) is 36.4 Å². The Balaban J connectivity index is -0.000000270. The molecule has 0 N–H and O–H groups in total. The number of aromatic carboxylic acids is 2. The fourth-order valence-electron chi connectivity index (χ4n) is 1.15. The monoisotopic (exact) mass is 512 g/mol. The smallest absolute Gasteiger partial charge is 0.0715 e. The summed E-state index contributed by atoms with van der Waals surface area (Å²) in [6.45, 7) is 0. The van der Waals surface area contributed by atoms with Crippen LogP contribution in [0.3, 0.4) is 0 Å². The number of hydrogen-bond acceptors (Lipinski definition) is 4. The zero-order valence-corrected chi connectivity index (χ0v) is 14.9. The van der Waals surface area contributed by atoms with Gasteiger partial charge in [-0.25, -0.2) is 0 Å². The zero-order chi connectivity index (χ0) is 13.4. The minimum atomic E-state index is -1.13. The maximum Gasteiger partial charge on any atom is 0.0715 e. The number of rotatable bonds is 2. The van der Waals surface area contributed by atoms with E-state index in [1.165, 1.54) is 24.3 Å². The number of benzene rings is 2. The van der Waals surface area contributed by atoms with E-state index in [2.05, 4.69) is 0 Å². The standard InChI is InChI=1S/2C7H6O2.2O.U/c2*8-7(9)6-4-2-1-3-5-6;;;/h2*1-5H,(H,8,9);;;/q;;2*-2;/p-2. The zero-order valence-electron chi connectivity index (χ0n) is 10.7. The summed E-state index contributed by atoms with van der Waals surface area (Å²) in [4.78, 5) is 20.2. The minimum Gasteiger partial charge on any atom is -2.00 e. The van der Waals surface area contributed by atoms with E-state index in [0.717, 1.165) is 0 Å². The van der Waals surface area contributed by atoms with Crippen LogP contribution in [0.15, 0.2) is 60.7 Å². The van der Waals surface area contributed by atoms with Crippen LogP contribution in [0, 0.1) is 31.1 Å². The van der Waals surface area contributed by atoms with Crippen LogP contribution in [0.2, 0.25) is 0 Å². The first-order valence-electron chi connectivity index (χ1n) is 5.14. The molecule has 2 aromatic rings. The first kappa shape index (κ1) is 24.4. The van der Waals surface area contributed by atoms with E-state index in [1.807, 2.05) is 0 Å². The summed E-state index contributed by atoms with van der Waals surface area (Å²) in [5.41, 5.74) is 0.440. The van der Waals surface area contributed by atoms with Gasteiger partial charge in [-0.2, -0.15) is 0 Å². The molecule has 0 saturated carbocycles. The van der Waals surface area contributed by atoms with Crippen molar-refractivity contribution in [1.29, 1.82) is 0 Å². The van der Waals surface area contributed by atoms with Gasteiger partial charge in [-0.3, -0.25) is 0 Å². The van der Waals surface area contributed by atoms with Gasteiger partial charge in [-0.05, 0) is 11.1 Å². The van der Waals surface area contributed by atoms with Crippen molar-refractivity contribution in [2.45, 2.75) is 0 Å². The van der Waals surface area contributed by atoms with Gasteiger partial charge in [-0.1, -0.05) is 60.7 Å². The molecule has 0 atom stereocenters. The molecule has 0 bridgehead atoms. The molecule has 0 saturated heterocycles. The summed E-state index contributed by atoms with van der Waals surface area (Å²) in [5.74, 6) is -2.26. The van der Waals surface area contributed by atoms with Gasteiger partial charge >= 0.3 is 0 Å². The molecule has 7 heteroatoms. The predicted molar refractivity (Wildman–Crippen MR) is 62.9 cm³/mol. The van der Waals surface area contributed by atoms with Crippen molar-refractivity contribution >= 4 is 11.9 Å². The van der Waals surface area contributed by atoms with Crippen LogP contribution in [0.4, 0.5) is 0 Å². The van der Waals surface area contributed by atoms with Crippen LogP contribution in [0.1, 0.15) is 20.7 Å². The Morgan fingerprint density at radius 1 is 0.619 bits per heavy atom. The van der Waals surface area contributed by atoms with Crippen LogP contribution < -0.4 is 10.2 Å². The molecule has 2 rings (SSSR count). The van der Waals surface area contributed by atoms with E-state index in [9.17, 15) is 19.8 Å². The summed E-state index contributed by atoms with van der Waals surface area (Å²) in [7, 11) is 0. The molecule has 0 aliphatic carbocycles. The molecule has 0 aliphatic heterocycles. The van der Waals surface area contributed by atoms with E-state index >= 15 is 0 Å². The SMILES string of the molecule is O=C([O-])c1ccccc1.O=C([O-])c1ccccc1.[O-2].[O-2].[U]. The molecule has 0 unspecified atom stereocenters. The molecule has 0 spiro atoms. The Labute approximate surface area is 145 Å². The van der Waals surface area contributed by atoms with Crippen molar-refractivity contribution in [3.05, 3.63) is 71.8 Å². The van der Waals surface area contributed by atoms with Crippen molar-refractivity contribution in [1.82, 2.24) is 0 Å². The topological polar surface area (TPSA) is 137 Å². The largest absolute Gasteiger partial charge is 2.00 e. The van der Waals surface area contributed by atoms with Crippen molar-refractivity contribution < 1.29 is 61.9 Å². The van der Waals surface area contributed by atoms with E-state index in [0.29, 0.717) is 0 Å². The number of hydrogen-bond donors (Lipinski definition) is 0. The third kappa shape index (κ3) is 9.82. The Morgan fingerprint density at radius 2 is 0.857 bits per heavy atom. The van der Waals surface area contributed by atoms with Crippen LogP contribution in [0.5, 0.6) is 0 Å². The van der Waals surface area contributed by atoms with Crippen molar-refractivity contribution in [3.63, 3.8) is 0 Å². The second-order valence-electron chi connectivity index (χ2n) is 3.31. The second kappa shape index (κ2) is 13.3. The van der Waals surface area contributed by atoms with Gasteiger partial charge in [-0.15, -0.1) is 0 Å². The normalized spacial score (nSPS) is 7.62. The Bertz CT molecular complexity index is 466. The van der Waals surface area contributed by atoms with E-state index < -0.39 is 11.9 Å². The molecule has 0 fully saturated rings. The Morgan fingerprint density at radius 3 is 1.00 bits per heavy atom. The van der Waals surface area contributed by atoms with E-state index in [-0.39, 0.29) is 53.2 Å². The molecule has 0 radical (unpaired) electrons. The summed E-state index contributed by atoms with van der Waals surface area (Å²) in [6, 6.07) is 16.1. The van der Waals surface area contributed by atoms with E-state index in [4.69, 9.17) is 0 Å². The van der Waals surface area contributed by atoms with Gasteiger partial charge in [0.1, 0.15) is 0 Å². The molecule has 21 heavy (non-hydrogen) atoms. The van der Waals surface area contributed by atoms with Crippen LogP contribution in [0.25, 0.3) is 0 Å². The van der Waals surface area contributed by atoms with Gasteiger partial charge in [0, 0.05) is 31.1 Å². The fourth-order valence-corrected chi connectivity index (χ4v) is 1.15. The maximum atomic E-state index is 10.1. The summed E-state index contributed by atoms with van der Waals surface area (Å²) in [6.07, 6.45) is 0. The van der Waals surface area contributed by atoms with Crippen molar-refractivity contribution in [2.75, 3.05) is 0 Å². The van der Waals surface area contributed by atoms with Gasteiger partial charge in [0.05, 0.1) is 11.9 Å². The maximum absolute atomic E-state index is 10.1. The Kier molecular flexibility index (Phi) is 15.5. The van der Waals surface area contributed by atoms with Crippen LogP contribution in [-0.2, 0) is 11.0 Å². The molecule has 112 valence electrons. The average molecular weight is 512 g/mol. The quantitative estimate of drug-likeness (QED) is 0.553. The van der Waals surface area contributed by atoms with Gasteiger partial charge < -0.3 is 30.8 Å². The van der Waals surface area contributed by atoms with Crippen molar-refractivity contribution in [2.24, 2.45) is 0 Å². The first-order valence-corrected chi connectivity index (χ1v) is 5.14. The summed E-state index contributed by atoms with van der Waals surface area (Å²) < 4.78 is 0. The number of carboxylic acid groups (broad SMARTS) is 2. The van der Waals surface area contributed by atoms with Crippen LogP contribution >= 0.6 is 0 Å². The molecular weight excluding hydrogens is 502 g/mol. The third-order valence-corrected chi connectivity index (χ3v) is 2.02. The number of carboxylic acids is 2. The molecule has 0 aromatic heterocycles. The second-order valence-corrected chi connectivity index (χ2v) is 3.31. The average Bonchev–Trinajstić information content (AvgIpc) is 2.41. The molecule has 0 aliphatic rings. The van der Waals surface area contributed by atoms with Crippen LogP contribution in [-0.4, -0.2) is 11.9 Å². The molecule has 6 nitrogen and oxygen atoms in total. The molecule has 0 amide bonds. The third-order valence-electron chi connectivity index (χ3n) is 2.02. The number of carbonyl (C=O) groups excluding carboxylic acids is 2. The molecular formula is C14H10O6U-6.